The van der Waals surface area contributed by atoms with E-state index in [1.54, 1.807) is 0 Å². The lowest BCUT2D eigenvalue weighted by molar-refractivity contribution is 0.669. The molecule has 68 heavy (non-hydrogen) atoms. The summed E-state index contributed by atoms with van der Waals surface area (Å²) in [6, 6.07) is 65.0. The van der Waals surface area contributed by atoms with E-state index in [9.17, 15) is 0 Å². The van der Waals surface area contributed by atoms with E-state index >= 15 is 0 Å². The first kappa shape index (κ1) is 41.1. The van der Waals surface area contributed by atoms with Gasteiger partial charge in [-0.1, -0.05) is 139 Å². The summed E-state index contributed by atoms with van der Waals surface area (Å²) in [4.78, 5) is 15.8. The zero-order valence-corrected chi connectivity index (χ0v) is 39.0. The number of benzene rings is 9. The lowest BCUT2D eigenvalue weighted by atomic mass is 9.91. The summed E-state index contributed by atoms with van der Waals surface area (Å²) < 4.78 is 8.84. The van der Waals surface area contributed by atoms with Gasteiger partial charge in [0.05, 0.1) is 16.7 Å². The highest BCUT2D eigenvalue weighted by Gasteiger charge is 2.23. The number of furan rings is 1. The van der Waals surface area contributed by atoms with Gasteiger partial charge in [-0.25, -0.2) is 15.0 Å². The molecule has 0 fully saturated rings. The van der Waals surface area contributed by atoms with Crippen LogP contribution in [-0.2, 0) is 0 Å². The third-order valence-electron chi connectivity index (χ3n) is 13.6. The Morgan fingerprint density at radius 2 is 0.794 bits per heavy atom. The molecule has 0 saturated heterocycles. The molecule has 9 aromatic carbocycles. The van der Waals surface area contributed by atoms with E-state index < -0.39 is 0 Å². The molecule has 0 aliphatic heterocycles. The average Bonchev–Trinajstić information content (AvgIpc) is 3.88. The van der Waals surface area contributed by atoms with Crippen LogP contribution >= 0.6 is 0 Å². The molecule has 0 aliphatic rings. The standard InChI is InChI=1S/C63H48N4O/c1-37-29-39(3)59(40(4)30-37)47-23-27-54-51(34-47)52-35-48(60-41(5)31-38(2)32-42(60)6)24-28-55(52)67(54)56-26-22-45(46-21-25-50-49-19-13-14-20-57(49)68-58(50)36-46)33-53(56)63-65-61(43-15-9-7-10-16-43)64-62(66-63)44-17-11-8-12-18-44/h7-36H,1-6H3. The van der Waals surface area contributed by atoms with E-state index in [-0.39, 0.29) is 0 Å². The van der Waals surface area contributed by atoms with Gasteiger partial charge in [-0.2, -0.15) is 0 Å². The van der Waals surface area contributed by atoms with Crippen LogP contribution in [0.25, 0.3) is 117 Å². The minimum atomic E-state index is 0.583. The summed E-state index contributed by atoms with van der Waals surface area (Å²) in [5.74, 6) is 1.80. The van der Waals surface area contributed by atoms with Crippen molar-refractivity contribution in [1.29, 1.82) is 0 Å². The van der Waals surface area contributed by atoms with Crippen LogP contribution in [0.5, 0.6) is 0 Å². The van der Waals surface area contributed by atoms with Gasteiger partial charge in [0.25, 0.3) is 0 Å². The number of fused-ring (bicyclic) bond motifs is 6. The maximum Gasteiger partial charge on any atom is 0.166 e. The largest absolute Gasteiger partial charge is 0.456 e. The average molecular weight is 877 g/mol. The second kappa shape index (κ2) is 16.2. The topological polar surface area (TPSA) is 56.7 Å². The number of para-hydroxylation sites is 1. The van der Waals surface area contributed by atoms with Gasteiger partial charge in [0.1, 0.15) is 11.2 Å². The lowest BCUT2D eigenvalue weighted by Gasteiger charge is -2.17. The van der Waals surface area contributed by atoms with Crippen LogP contribution in [0.4, 0.5) is 0 Å². The SMILES string of the molecule is Cc1cc(C)c(-c2ccc3c(c2)c2cc(-c4c(C)cc(C)cc4C)ccc2n3-c2ccc(-c3ccc4c(c3)oc3ccccc34)cc2-c2nc(-c3ccccc3)nc(-c3ccccc3)n2)c(C)c1. The van der Waals surface area contributed by atoms with Crippen molar-refractivity contribution in [2.45, 2.75) is 41.5 Å². The Labute approximate surface area is 396 Å². The van der Waals surface area contributed by atoms with Crippen molar-refractivity contribution in [2.75, 3.05) is 0 Å². The quantitative estimate of drug-likeness (QED) is 0.160. The fourth-order valence-electron chi connectivity index (χ4n) is 10.8. The normalized spacial score (nSPS) is 11.7. The van der Waals surface area contributed by atoms with Crippen LogP contribution in [0.1, 0.15) is 33.4 Å². The molecule has 3 aromatic heterocycles. The Kier molecular flexibility index (Phi) is 9.77. The highest BCUT2D eigenvalue weighted by atomic mass is 16.3. The van der Waals surface area contributed by atoms with E-state index in [1.165, 1.54) is 66.4 Å². The van der Waals surface area contributed by atoms with E-state index in [1.807, 2.05) is 48.5 Å². The number of nitrogens with zero attached hydrogens (tertiary/aromatic N) is 4. The van der Waals surface area contributed by atoms with E-state index in [4.69, 9.17) is 19.4 Å². The summed E-state index contributed by atoms with van der Waals surface area (Å²) in [7, 11) is 0. The molecule has 0 spiro atoms. The second-order valence-corrected chi connectivity index (χ2v) is 18.4. The molecular weight excluding hydrogens is 829 g/mol. The Morgan fingerprint density at radius 3 is 1.35 bits per heavy atom. The van der Waals surface area contributed by atoms with Gasteiger partial charge in [-0.05, 0) is 152 Å². The van der Waals surface area contributed by atoms with Crippen molar-refractivity contribution < 1.29 is 4.42 Å². The van der Waals surface area contributed by atoms with Crippen molar-refractivity contribution in [2.24, 2.45) is 0 Å². The van der Waals surface area contributed by atoms with Gasteiger partial charge in [0, 0.05) is 38.2 Å². The first-order valence-corrected chi connectivity index (χ1v) is 23.3. The fraction of sp³-hybridized carbons (Fsp3) is 0.0952. The molecule has 0 radical (unpaired) electrons. The Bertz CT molecular complexity index is 3750. The summed E-state index contributed by atoms with van der Waals surface area (Å²) in [6.45, 7) is 13.3. The molecule has 12 rings (SSSR count). The lowest BCUT2D eigenvalue weighted by Crippen LogP contribution is -2.04. The van der Waals surface area contributed by atoms with Crippen LogP contribution in [0.3, 0.4) is 0 Å². The Morgan fingerprint density at radius 1 is 0.338 bits per heavy atom. The number of aryl methyl sites for hydroxylation is 6. The number of hydrogen-bond donors (Lipinski definition) is 0. The predicted molar refractivity (Wildman–Crippen MR) is 282 cm³/mol. The number of rotatable bonds is 7. The van der Waals surface area contributed by atoms with E-state index in [0.717, 1.165) is 66.5 Å². The van der Waals surface area contributed by atoms with E-state index in [2.05, 4.69) is 180 Å². The van der Waals surface area contributed by atoms with E-state index in [0.29, 0.717) is 17.5 Å². The van der Waals surface area contributed by atoms with Crippen molar-refractivity contribution in [1.82, 2.24) is 19.5 Å². The minimum absolute atomic E-state index is 0.583. The highest BCUT2D eigenvalue weighted by molar-refractivity contribution is 6.12. The predicted octanol–water partition coefficient (Wildman–Crippen LogP) is 16.7. The zero-order valence-electron chi connectivity index (χ0n) is 39.0. The molecule has 0 amide bonds. The minimum Gasteiger partial charge on any atom is -0.456 e. The van der Waals surface area contributed by atoms with Crippen molar-refractivity contribution >= 4 is 43.7 Å². The molecular formula is C63H48N4O. The van der Waals surface area contributed by atoms with Crippen molar-refractivity contribution in [3.05, 3.63) is 215 Å². The van der Waals surface area contributed by atoms with Gasteiger partial charge < -0.3 is 8.98 Å². The summed E-state index contributed by atoms with van der Waals surface area (Å²) >= 11 is 0. The third-order valence-corrected chi connectivity index (χ3v) is 13.6. The molecule has 0 atom stereocenters. The van der Waals surface area contributed by atoms with Crippen LogP contribution in [-0.4, -0.2) is 19.5 Å². The number of hydrogen-bond acceptors (Lipinski definition) is 4. The molecule has 0 aliphatic carbocycles. The Balaban J connectivity index is 1.15. The Hall–Kier alpha value is -8.41. The van der Waals surface area contributed by atoms with Gasteiger partial charge >= 0.3 is 0 Å². The van der Waals surface area contributed by atoms with Crippen LogP contribution in [0.2, 0.25) is 0 Å². The summed E-state index contributed by atoms with van der Waals surface area (Å²) in [5.41, 5.74) is 22.2. The van der Waals surface area contributed by atoms with Gasteiger partial charge in [0.15, 0.2) is 17.5 Å². The maximum atomic E-state index is 6.42. The van der Waals surface area contributed by atoms with Crippen LogP contribution in [0, 0.1) is 41.5 Å². The van der Waals surface area contributed by atoms with Gasteiger partial charge in [0.2, 0.25) is 0 Å². The smallest absolute Gasteiger partial charge is 0.166 e. The van der Waals surface area contributed by atoms with Crippen molar-refractivity contribution in [3.8, 4) is 73.2 Å². The zero-order chi connectivity index (χ0) is 46.2. The molecule has 0 unspecified atom stereocenters. The third kappa shape index (κ3) is 6.98. The van der Waals surface area contributed by atoms with Crippen LogP contribution in [0.15, 0.2) is 186 Å². The maximum absolute atomic E-state index is 6.42. The fourth-order valence-corrected chi connectivity index (χ4v) is 10.8. The molecule has 5 heteroatoms. The molecule has 12 aromatic rings. The molecule has 326 valence electrons. The van der Waals surface area contributed by atoms with Crippen molar-refractivity contribution in [3.63, 3.8) is 0 Å². The van der Waals surface area contributed by atoms with Crippen LogP contribution < -0.4 is 0 Å². The van der Waals surface area contributed by atoms with Gasteiger partial charge in [-0.3, -0.25) is 0 Å². The first-order chi connectivity index (χ1) is 33.1. The first-order valence-electron chi connectivity index (χ1n) is 23.3. The summed E-state index contributed by atoms with van der Waals surface area (Å²) in [5, 5.41) is 4.55. The molecule has 3 heterocycles. The molecule has 5 nitrogen and oxygen atoms in total. The molecule has 0 saturated carbocycles. The summed E-state index contributed by atoms with van der Waals surface area (Å²) in [6.07, 6.45) is 0. The second-order valence-electron chi connectivity index (χ2n) is 18.4. The monoisotopic (exact) mass is 876 g/mol. The molecule has 0 N–H and O–H groups in total. The highest BCUT2D eigenvalue weighted by Crippen LogP contribution is 2.43. The number of aromatic nitrogens is 4. The van der Waals surface area contributed by atoms with Gasteiger partial charge in [-0.15, -0.1) is 0 Å². The molecule has 0 bridgehead atoms.